The van der Waals surface area contributed by atoms with E-state index >= 15 is 0 Å². The molecule has 0 aliphatic carbocycles. The van der Waals surface area contributed by atoms with Crippen LogP contribution in [0.1, 0.15) is 19.8 Å². The Morgan fingerprint density at radius 1 is 0.684 bits per heavy atom. The minimum absolute atomic E-state index is 1.06. The van der Waals surface area contributed by atoms with Crippen molar-refractivity contribution in [3.8, 4) is 0 Å². The summed E-state index contributed by atoms with van der Waals surface area (Å²) in [6.45, 7) is 14.4. The van der Waals surface area contributed by atoms with Crippen LogP contribution >= 0.6 is 0 Å². The number of rotatable bonds is 3. The van der Waals surface area contributed by atoms with Gasteiger partial charge >= 0.3 is 0 Å². The van der Waals surface area contributed by atoms with E-state index < -0.39 is 0 Å². The second kappa shape index (κ2) is 12.8. The molecule has 0 aromatic heterocycles. The van der Waals surface area contributed by atoms with Crippen molar-refractivity contribution in [2.24, 2.45) is 0 Å². The van der Waals surface area contributed by atoms with Gasteiger partial charge in [0.25, 0.3) is 0 Å². The molecule has 0 aromatic carbocycles. The summed E-state index contributed by atoms with van der Waals surface area (Å²) in [6, 6.07) is 0. The maximum atomic E-state index is 3.52. The summed E-state index contributed by atoms with van der Waals surface area (Å²) in [5.74, 6) is 0. The zero-order valence-corrected chi connectivity index (χ0v) is 12.6. The van der Waals surface area contributed by atoms with E-state index in [4.69, 9.17) is 0 Å². The van der Waals surface area contributed by atoms with Crippen LogP contribution in [0.15, 0.2) is 0 Å². The molecule has 19 heavy (non-hydrogen) atoms. The number of hydrogen-bond donors (Lipinski definition) is 4. The quantitative estimate of drug-likeness (QED) is 0.556. The van der Waals surface area contributed by atoms with Gasteiger partial charge in [-0.3, -0.25) is 0 Å². The highest BCUT2D eigenvalue weighted by atomic mass is 15.2. The molecule has 0 spiro atoms. The van der Waals surface area contributed by atoms with Gasteiger partial charge in [0.15, 0.2) is 0 Å². The van der Waals surface area contributed by atoms with Crippen LogP contribution in [0.25, 0.3) is 0 Å². The maximum absolute atomic E-state index is 3.52. The van der Waals surface area contributed by atoms with Crippen LogP contribution in [-0.2, 0) is 0 Å². The Hall–Kier alpha value is -0.200. The lowest BCUT2D eigenvalue weighted by molar-refractivity contribution is 0.269. The fourth-order valence-corrected chi connectivity index (χ4v) is 2.22. The summed E-state index contributed by atoms with van der Waals surface area (Å²) < 4.78 is 0. The molecule has 4 N–H and O–H groups in total. The first-order valence-corrected chi connectivity index (χ1v) is 7.98. The number of hydrogen-bond acceptors (Lipinski definition) is 5. The SMILES string of the molecule is CCCCN1CCNCCNCCNCCNCC1. The zero-order chi connectivity index (χ0) is 13.6. The van der Waals surface area contributed by atoms with Crippen molar-refractivity contribution in [3.05, 3.63) is 0 Å². The second-order valence-corrected chi connectivity index (χ2v) is 5.20. The average molecular weight is 271 g/mol. The smallest absolute Gasteiger partial charge is 0.0107 e. The topological polar surface area (TPSA) is 51.4 Å². The van der Waals surface area contributed by atoms with Crippen molar-refractivity contribution in [2.45, 2.75) is 19.8 Å². The second-order valence-electron chi connectivity index (χ2n) is 5.20. The Bertz CT molecular complexity index is 173. The molecule has 0 amide bonds. The lowest BCUT2D eigenvalue weighted by atomic mass is 10.3. The molecule has 0 saturated carbocycles. The van der Waals surface area contributed by atoms with Crippen molar-refractivity contribution < 1.29 is 0 Å². The van der Waals surface area contributed by atoms with E-state index in [1.54, 1.807) is 0 Å². The standard InChI is InChI=1S/C14H33N5/c1-2-3-12-19-13-10-17-8-6-15-4-5-16-7-9-18-11-14-19/h15-18H,2-14H2,1H3. The van der Waals surface area contributed by atoms with Crippen LogP contribution in [0.2, 0.25) is 0 Å². The Balaban J connectivity index is 2.21. The Morgan fingerprint density at radius 2 is 1.11 bits per heavy atom. The normalized spacial score (nSPS) is 22.6. The van der Waals surface area contributed by atoms with Crippen LogP contribution in [0.5, 0.6) is 0 Å². The van der Waals surface area contributed by atoms with E-state index in [9.17, 15) is 0 Å². The third-order valence-electron chi connectivity index (χ3n) is 3.47. The summed E-state index contributed by atoms with van der Waals surface area (Å²) in [6.07, 6.45) is 2.59. The molecule has 0 atom stereocenters. The van der Waals surface area contributed by atoms with E-state index in [1.807, 2.05) is 0 Å². The van der Waals surface area contributed by atoms with Gasteiger partial charge in [0.1, 0.15) is 0 Å². The molecular formula is C14H33N5. The zero-order valence-electron chi connectivity index (χ0n) is 12.6. The van der Waals surface area contributed by atoms with Crippen LogP contribution in [0, 0.1) is 0 Å². The number of nitrogens with zero attached hydrogens (tertiary/aromatic N) is 1. The lowest BCUT2D eigenvalue weighted by Crippen LogP contribution is -2.39. The van der Waals surface area contributed by atoms with Crippen LogP contribution < -0.4 is 21.3 Å². The molecule has 1 saturated heterocycles. The highest BCUT2D eigenvalue weighted by Crippen LogP contribution is 1.93. The number of unbranched alkanes of at least 4 members (excludes halogenated alkanes) is 1. The lowest BCUT2D eigenvalue weighted by Gasteiger charge is -2.22. The molecular weight excluding hydrogens is 238 g/mol. The van der Waals surface area contributed by atoms with Gasteiger partial charge < -0.3 is 26.2 Å². The molecule has 0 radical (unpaired) electrons. The highest BCUT2D eigenvalue weighted by molar-refractivity contribution is 4.64. The minimum atomic E-state index is 1.06. The van der Waals surface area contributed by atoms with Gasteiger partial charge in [0, 0.05) is 65.4 Å². The first-order chi connectivity index (χ1) is 9.43. The number of nitrogens with one attached hydrogen (secondary N) is 4. The summed E-state index contributed by atoms with van der Waals surface area (Å²) >= 11 is 0. The van der Waals surface area contributed by atoms with E-state index in [0.717, 1.165) is 52.4 Å². The van der Waals surface area contributed by atoms with Gasteiger partial charge in [-0.1, -0.05) is 13.3 Å². The highest BCUT2D eigenvalue weighted by Gasteiger charge is 2.03. The van der Waals surface area contributed by atoms with Crippen LogP contribution in [0.4, 0.5) is 0 Å². The van der Waals surface area contributed by atoms with Crippen LogP contribution in [-0.4, -0.2) is 76.9 Å². The predicted molar refractivity (Wildman–Crippen MR) is 82.8 cm³/mol. The van der Waals surface area contributed by atoms with Gasteiger partial charge in [-0.15, -0.1) is 0 Å². The molecule has 0 aromatic rings. The van der Waals surface area contributed by atoms with Gasteiger partial charge in [-0.2, -0.15) is 0 Å². The monoisotopic (exact) mass is 271 g/mol. The third kappa shape index (κ3) is 10.3. The first-order valence-electron chi connectivity index (χ1n) is 7.98. The van der Waals surface area contributed by atoms with Gasteiger partial charge in [-0.25, -0.2) is 0 Å². The molecule has 1 rings (SSSR count). The minimum Gasteiger partial charge on any atom is -0.314 e. The Morgan fingerprint density at radius 3 is 1.53 bits per heavy atom. The molecule has 1 heterocycles. The Kier molecular flexibility index (Phi) is 11.4. The van der Waals surface area contributed by atoms with Gasteiger partial charge in [0.2, 0.25) is 0 Å². The summed E-state index contributed by atoms with van der Waals surface area (Å²) in [7, 11) is 0. The molecule has 5 nitrogen and oxygen atoms in total. The summed E-state index contributed by atoms with van der Waals surface area (Å²) in [4.78, 5) is 2.57. The maximum Gasteiger partial charge on any atom is 0.0107 e. The molecule has 0 bridgehead atoms. The fraction of sp³-hybridized carbons (Fsp3) is 1.00. The van der Waals surface area contributed by atoms with E-state index in [1.165, 1.54) is 32.5 Å². The Labute approximate surface area is 118 Å². The van der Waals surface area contributed by atoms with Crippen molar-refractivity contribution >= 4 is 0 Å². The summed E-state index contributed by atoms with van der Waals surface area (Å²) in [5.41, 5.74) is 0. The van der Waals surface area contributed by atoms with Crippen LogP contribution in [0.3, 0.4) is 0 Å². The van der Waals surface area contributed by atoms with Crippen molar-refractivity contribution in [2.75, 3.05) is 72.0 Å². The molecule has 5 heteroatoms. The van der Waals surface area contributed by atoms with Gasteiger partial charge in [-0.05, 0) is 13.0 Å². The average Bonchev–Trinajstić information content (AvgIpc) is 2.44. The molecule has 1 aliphatic rings. The molecule has 1 aliphatic heterocycles. The van der Waals surface area contributed by atoms with Crippen molar-refractivity contribution in [3.63, 3.8) is 0 Å². The van der Waals surface area contributed by atoms with Crippen molar-refractivity contribution in [1.29, 1.82) is 0 Å². The fourth-order valence-electron chi connectivity index (χ4n) is 2.22. The van der Waals surface area contributed by atoms with E-state index in [-0.39, 0.29) is 0 Å². The first kappa shape index (κ1) is 16.9. The van der Waals surface area contributed by atoms with E-state index in [0.29, 0.717) is 0 Å². The third-order valence-corrected chi connectivity index (χ3v) is 3.47. The van der Waals surface area contributed by atoms with E-state index in [2.05, 4.69) is 33.1 Å². The molecule has 114 valence electrons. The molecule has 1 fully saturated rings. The summed E-state index contributed by atoms with van der Waals surface area (Å²) in [5, 5.41) is 13.9. The van der Waals surface area contributed by atoms with Crippen molar-refractivity contribution in [1.82, 2.24) is 26.2 Å². The molecule has 0 unspecified atom stereocenters. The largest absolute Gasteiger partial charge is 0.314 e. The predicted octanol–water partition coefficient (Wildman–Crippen LogP) is -0.539. The van der Waals surface area contributed by atoms with Gasteiger partial charge in [0.05, 0.1) is 0 Å².